The molecule has 0 radical (unpaired) electrons. The van der Waals surface area contributed by atoms with Gasteiger partial charge in [-0.2, -0.15) is 0 Å². The summed E-state index contributed by atoms with van der Waals surface area (Å²) in [5.74, 6) is 0.189. The molecule has 26 heavy (non-hydrogen) atoms. The van der Waals surface area contributed by atoms with E-state index in [0.717, 1.165) is 22.0 Å². The van der Waals surface area contributed by atoms with Gasteiger partial charge in [0.05, 0.1) is 11.8 Å². The molecule has 0 spiro atoms. The molecule has 3 aromatic heterocycles. The van der Waals surface area contributed by atoms with E-state index >= 15 is 0 Å². The molecule has 0 saturated heterocycles. The average Bonchev–Trinajstić information content (AvgIpc) is 3.13. The van der Waals surface area contributed by atoms with Crippen molar-refractivity contribution in [1.82, 2.24) is 24.9 Å². The number of aromatic nitrogens is 4. The zero-order chi connectivity index (χ0) is 17.9. The van der Waals surface area contributed by atoms with Gasteiger partial charge in [-0.15, -0.1) is 0 Å². The van der Waals surface area contributed by atoms with Crippen molar-refractivity contribution in [2.45, 2.75) is 0 Å². The number of nitrogens with one attached hydrogen (secondary N) is 2. The molecule has 0 aliphatic carbocycles. The number of imidazole rings is 1. The van der Waals surface area contributed by atoms with Crippen LogP contribution in [-0.4, -0.2) is 25.4 Å². The minimum Gasteiger partial charge on any atom is -0.340 e. The lowest BCUT2D eigenvalue weighted by Crippen LogP contribution is -2.30. The molecule has 4 rings (SSSR count). The van der Waals surface area contributed by atoms with Crippen LogP contribution in [0.3, 0.4) is 0 Å². The summed E-state index contributed by atoms with van der Waals surface area (Å²) in [5.41, 5.74) is 8.65. The van der Waals surface area contributed by atoms with Crippen molar-refractivity contribution in [2.75, 3.05) is 5.43 Å². The second-order valence-corrected chi connectivity index (χ2v) is 5.82. The van der Waals surface area contributed by atoms with Gasteiger partial charge in [0.15, 0.2) is 5.82 Å². The summed E-state index contributed by atoms with van der Waals surface area (Å²) in [6, 6.07) is 13.8. The van der Waals surface area contributed by atoms with Crippen LogP contribution in [0.15, 0.2) is 67.4 Å². The molecule has 0 aliphatic rings. The van der Waals surface area contributed by atoms with Crippen LogP contribution < -0.4 is 10.9 Å². The third-order valence-corrected chi connectivity index (χ3v) is 3.95. The molecule has 0 aliphatic heterocycles. The van der Waals surface area contributed by atoms with Gasteiger partial charge in [-0.1, -0.05) is 30.3 Å². The minimum atomic E-state index is -0.337. The Morgan fingerprint density at radius 1 is 1.04 bits per heavy atom. The van der Waals surface area contributed by atoms with E-state index in [1.54, 1.807) is 30.3 Å². The standard InChI is InChI=1S/C19H16N6O/c1-25-11-17(22-12-25)19(26)24-23-18-15-9-14(13-5-3-2-4-6-13)10-21-16(15)7-8-20-18/h2-12H,1H3,(H,20,23)(H,24,26). The van der Waals surface area contributed by atoms with Gasteiger partial charge in [0, 0.05) is 36.6 Å². The van der Waals surface area contributed by atoms with Crippen molar-refractivity contribution in [3.05, 3.63) is 73.1 Å². The van der Waals surface area contributed by atoms with Crippen molar-refractivity contribution in [3.8, 4) is 11.1 Å². The van der Waals surface area contributed by atoms with Crippen LogP contribution in [0, 0.1) is 0 Å². The lowest BCUT2D eigenvalue weighted by Gasteiger charge is -2.10. The Morgan fingerprint density at radius 2 is 1.88 bits per heavy atom. The number of carbonyl (C=O) groups is 1. The predicted molar refractivity (Wildman–Crippen MR) is 99.3 cm³/mol. The van der Waals surface area contributed by atoms with Gasteiger partial charge < -0.3 is 4.57 Å². The van der Waals surface area contributed by atoms with Crippen molar-refractivity contribution in [3.63, 3.8) is 0 Å². The molecule has 7 heteroatoms. The van der Waals surface area contributed by atoms with E-state index in [4.69, 9.17) is 0 Å². The summed E-state index contributed by atoms with van der Waals surface area (Å²) in [7, 11) is 1.81. The minimum absolute atomic E-state index is 0.323. The first-order chi connectivity index (χ1) is 12.7. The number of carbonyl (C=O) groups excluding carboxylic acids is 1. The number of anilines is 1. The smallest absolute Gasteiger partial charge is 0.289 e. The quantitative estimate of drug-likeness (QED) is 0.556. The SMILES string of the molecule is Cn1cnc(C(=O)NNc2nccc3ncc(-c4ccccc4)cc23)c1. The van der Waals surface area contributed by atoms with Crippen LogP contribution in [0.25, 0.3) is 22.0 Å². The first-order valence-corrected chi connectivity index (χ1v) is 8.05. The largest absolute Gasteiger partial charge is 0.340 e. The number of benzene rings is 1. The average molecular weight is 344 g/mol. The highest BCUT2D eigenvalue weighted by Crippen LogP contribution is 2.25. The van der Waals surface area contributed by atoms with Crippen molar-refractivity contribution in [1.29, 1.82) is 0 Å². The van der Waals surface area contributed by atoms with Crippen LogP contribution in [0.1, 0.15) is 10.5 Å². The Morgan fingerprint density at radius 3 is 2.65 bits per heavy atom. The number of fused-ring (bicyclic) bond motifs is 1. The highest BCUT2D eigenvalue weighted by atomic mass is 16.2. The maximum atomic E-state index is 12.2. The van der Waals surface area contributed by atoms with E-state index in [0.29, 0.717) is 11.5 Å². The first kappa shape index (κ1) is 15.8. The molecular weight excluding hydrogens is 328 g/mol. The fourth-order valence-corrected chi connectivity index (χ4v) is 2.65. The van der Waals surface area contributed by atoms with Crippen LogP contribution in [0.2, 0.25) is 0 Å². The van der Waals surface area contributed by atoms with Crippen molar-refractivity contribution >= 4 is 22.6 Å². The predicted octanol–water partition coefficient (Wildman–Crippen LogP) is 2.79. The lowest BCUT2D eigenvalue weighted by atomic mass is 10.1. The fourth-order valence-electron chi connectivity index (χ4n) is 2.65. The molecule has 0 atom stereocenters. The Bertz CT molecular complexity index is 1070. The Hall–Kier alpha value is -3.74. The first-order valence-electron chi connectivity index (χ1n) is 8.05. The molecule has 1 aromatic carbocycles. The normalized spacial score (nSPS) is 10.7. The molecule has 2 N–H and O–H groups in total. The van der Waals surface area contributed by atoms with E-state index in [2.05, 4.69) is 25.8 Å². The van der Waals surface area contributed by atoms with Crippen molar-refractivity contribution < 1.29 is 4.79 Å². The van der Waals surface area contributed by atoms with Gasteiger partial charge in [-0.25, -0.2) is 9.97 Å². The molecule has 0 bridgehead atoms. The van der Waals surface area contributed by atoms with Crippen LogP contribution in [0.4, 0.5) is 5.82 Å². The van der Waals surface area contributed by atoms with E-state index in [1.807, 2.05) is 48.7 Å². The Labute approximate surface area is 149 Å². The van der Waals surface area contributed by atoms with Crippen LogP contribution >= 0.6 is 0 Å². The molecule has 0 saturated carbocycles. The zero-order valence-corrected chi connectivity index (χ0v) is 14.0. The molecular formula is C19H16N6O. The van der Waals surface area contributed by atoms with Gasteiger partial charge in [-0.3, -0.25) is 20.6 Å². The third-order valence-electron chi connectivity index (χ3n) is 3.95. The van der Waals surface area contributed by atoms with E-state index < -0.39 is 0 Å². The summed E-state index contributed by atoms with van der Waals surface area (Å²) in [4.78, 5) is 25.0. The molecule has 7 nitrogen and oxygen atoms in total. The van der Waals surface area contributed by atoms with E-state index in [-0.39, 0.29) is 5.91 Å². The second-order valence-electron chi connectivity index (χ2n) is 5.82. The summed E-state index contributed by atoms with van der Waals surface area (Å²) in [5, 5.41) is 0.815. The van der Waals surface area contributed by atoms with Crippen LogP contribution in [-0.2, 0) is 7.05 Å². The number of hydrogen-bond donors (Lipinski definition) is 2. The summed E-state index contributed by atoms with van der Waals surface area (Å²) >= 11 is 0. The summed E-state index contributed by atoms with van der Waals surface area (Å²) in [6.07, 6.45) is 6.68. The number of hydrogen-bond acceptors (Lipinski definition) is 5. The lowest BCUT2D eigenvalue weighted by molar-refractivity contribution is 0.0958. The third kappa shape index (κ3) is 3.10. The van der Waals surface area contributed by atoms with Gasteiger partial charge in [0.2, 0.25) is 0 Å². The molecule has 0 fully saturated rings. The van der Waals surface area contributed by atoms with Gasteiger partial charge in [0.1, 0.15) is 5.69 Å². The highest BCUT2D eigenvalue weighted by molar-refractivity contribution is 5.95. The summed E-state index contributed by atoms with van der Waals surface area (Å²) < 4.78 is 1.71. The second kappa shape index (κ2) is 6.64. The monoisotopic (exact) mass is 344 g/mol. The number of nitrogens with zero attached hydrogens (tertiary/aromatic N) is 4. The number of hydrazine groups is 1. The number of pyridine rings is 2. The zero-order valence-electron chi connectivity index (χ0n) is 14.0. The van der Waals surface area contributed by atoms with Crippen molar-refractivity contribution in [2.24, 2.45) is 7.05 Å². The fraction of sp³-hybridized carbons (Fsp3) is 0.0526. The van der Waals surface area contributed by atoms with Crippen LogP contribution in [0.5, 0.6) is 0 Å². The van der Waals surface area contributed by atoms with Gasteiger partial charge in [0.25, 0.3) is 5.91 Å². The number of amides is 1. The number of rotatable bonds is 4. The van der Waals surface area contributed by atoms with E-state index in [9.17, 15) is 4.79 Å². The molecule has 128 valence electrons. The topological polar surface area (TPSA) is 84.7 Å². The maximum Gasteiger partial charge on any atom is 0.289 e. The Balaban J connectivity index is 1.63. The molecule has 4 aromatic rings. The Kier molecular flexibility index (Phi) is 4.03. The molecule has 0 unspecified atom stereocenters. The molecule has 3 heterocycles. The molecule has 1 amide bonds. The maximum absolute atomic E-state index is 12.2. The van der Waals surface area contributed by atoms with Gasteiger partial charge >= 0.3 is 0 Å². The van der Waals surface area contributed by atoms with Gasteiger partial charge in [-0.05, 0) is 17.7 Å². The van der Waals surface area contributed by atoms with E-state index in [1.165, 1.54) is 0 Å². The summed E-state index contributed by atoms with van der Waals surface area (Å²) in [6.45, 7) is 0. The number of aryl methyl sites for hydroxylation is 1. The highest BCUT2D eigenvalue weighted by Gasteiger charge is 2.10.